The van der Waals surface area contributed by atoms with E-state index in [1.165, 1.54) is 30.3 Å². The molecule has 172 valence electrons. The highest BCUT2D eigenvalue weighted by molar-refractivity contribution is 7.09. The molecule has 0 aliphatic heterocycles. The van der Waals surface area contributed by atoms with Crippen LogP contribution in [0.25, 0.3) is 6.08 Å². The number of hydrogen-bond acceptors (Lipinski definition) is 5. The number of aromatic nitrogens is 1. The Morgan fingerprint density at radius 2 is 1.91 bits per heavy atom. The first-order valence-corrected chi connectivity index (χ1v) is 10.6. The normalized spacial score (nSPS) is 11.4. The molecular formula is C23H20F3N3O3S. The van der Waals surface area contributed by atoms with Crippen molar-refractivity contribution in [1.29, 1.82) is 0 Å². The molecule has 0 aliphatic carbocycles. The highest BCUT2D eigenvalue weighted by Gasteiger charge is 2.27. The third-order valence-electron chi connectivity index (χ3n) is 4.20. The fourth-order valence-corrected chi connectivity index (χ4v) is 3.28. The van der Waals surface area contributed by atoms with Crippen molar-refractivity contribution >= 4 is 34.9 Å². The van der Waals surface area contributed by atoms with Gasteiger partial charge in [0.15, 0.2) is 0 Å². The summed E-state index contributed by atoms with van der Waals surface area (Å²) >= 11 is 1.56. The summed E-state index contributed by atoms with van der Waals surface area (Å²) in [6, 6.07) is 12.8. The first-order chi connectivity index (χ1) is 15.7. The smallest absolute Gasteiger partial charge is 0.405 e. The molecule has 2 aromatic carbocycles. The zero-order valence-electron chi connectivity index (χ0n) is 17.5. The number of ether oxygens (including phenoxy) is 1. The number of hydrogen-bond donors (Lipinski definition) is 2. The molecular weight excluding hydrogens is 455 g/mol. The molecule has 33 heavy (non-hydrogen) atoms. The molecule has 0 saturated carbocycles. The van der Waals surface area contributed by atoms with Crippen molar-refractivity contribution in [3.63, 3.8) is 0 Å². The van der Waals surface area contributed by atoms with Gasteiger partial charge in [0.25, 0.3) is 5.91 Å². The van der Waals surface area contributed by atoms with Crippen LogP contribution >= 0.6 is 11.3 Å². The van der Waals surface area contributed by atoms with Gasteiger partial charge >= 0.3 is 6.18 Å². The van der Waals surface area contributed by atoms with Gasteiger partial charge in [-0.3, -0.25) is 9.59 Å². The first-order valence-electron chi connectivity index (χ1n) is 9.76. The van der Waals surface area contributed by atoms with Gasteiger partial charge in [-0.2, -0.15) is 13.2 Å². The van der Waals surface area contributed by atoms with Crippen molar-refractivity contribution in [2.75, 3.05) is 11.9 Å². The average Bonchev–Trinajstić information content (AvgIpc) is 3.20. The molecule has 2 amide bonds. The minimum absolute atomic E-state index is 0.00410. The summed E-state index contributed by atoms with van der Waals surface area (Å²) < 4.78 is 42.4. The lowest BCUT2D eigenvalue weighted by atomic mass is 10.2. The van der Waals surface area contributed by atoms with Crippen LogP contribution in [0.1, 0.15) is 26.6 Å². The van der Waals surface area contributed by atoms with Crippen LogP contribution in [0.15, 0.2) is 60.0 Å². The molecule has 0 spiro atoms. The van der Waals surface area contributed by atoms with Crippen LogP contribution in [0.4, 0.5) is 18.9 Å². The van der Waals surface area contributed by atoms with Crippen molar-refractivity contribution in [3.8, 4) is 5.75 Å². The first kappa shape index (κ1) is 24.0. The molecule has 0 atom stereocenters. The zero-order valence-corrected chi connectivity index (χ0v) is 18.3. The number of alkyl halides is 3. The van der Waals surface area contributed by atoms with E-state index < -0.39 is 24.5 Å². The topological polar surface area (TPSA) is 80.3 Å². The molecule has 0 bridgehead atoms. The summed E-state index contributed by atoms with van der Waals surface area (Å²) in [4.78, 5) is 28.4. The number of amides is 2. The summed E-state index contributed by atoms with van der Waals surface area (Å²) in [6.07, 6.45) is -1.59. The van der Waals surface area contributed by atoms with E-state index in [2.05, 4.69) is 10.3 Å². The number of rotatable bonds is 8. The van der Waals surface area contributed by atoms with Crippen LogP contribution in [-0.2, 0) is 11.4 Å². The van der Waals surface area contributed by atoms with E-state index in [4.69, 9.17) is 4.74 Å². The molecule has 0 unspecified atom stereocenters. The second kappa shape index (κ2) is 10.8. The van der Waals surface area contributed by atoms with E-state index in [0.717, 1.165) is 16.3 Å². The lowest BCUT2D eigenvalue weighted by Gasteiger charge is -2.09. The number of halogens is 3. The summed E-state index contributed by atoms with van der Waals surface area (Å²) in [7, 11) is 0. The highest BCUT2D eigenvalue weighted by Crippen LogP contribution is 2.17. The van der Waals surface area contributed by atoms with E-state index in [1.807, 2.05) is 12.3 Å². The van der Waals surface area contributed by atoms with Gasteiger partial charge in [-0.25, -0.2) is 4.98 Å². The van der Waals surface area contributed by atoms with Crippen LogP contribution < -0.4 is 15.4 Å². The van der Waals surface area contributed by atoms with Crippen molar-refractivity contribution in [2.24, 2.45) is 0 Å². The molecule has 6 nitrogen and oxygen atoms in total. The Morgan fingerprint density at radius 1 is 1.15 bits per heavy atom. The van der Waals surface area contributed by atoms with Gasteiger partial charge in [-0.05, 0) is 48.9 Å². The molecule has 1 heterocycles. The second-order valence-electron chi connectivity index (χ2n) is 6.92. The monoisotopic (exact) mass is 475 g/mol. The van der Waals surface area contributed by atoms with Crippen LogP contribution in [-0.4, -0.2) is 29.5 Å². The second-order valence-corrected chi connectivity index (χ2v) is 7.98. The minimum Gasteiger partial charge on any atom is -0.487 e. The standard InChI is InChI=1S/C23H20F3N3O3S/c1-15-28-19(13-33-15)12-32-20-8-5-16(6-9-20)7-10-21(30)29-18-4-2-3-17(11-18)22(31)27-14-23(24,25)26/h2-11,13H,12,14H2,1H3,(H,27,31)(H,29,30)/b10-7+. The van der Waals surface area contributed by atoms with E-state index >= 15 is 0 Å². The predicted octanol–water partition coefficient (Wildman–Crippen LogP) is 4.97. The van der Waals surface area contributed by atoms with Gasteiger partial charge in [0, 0.05) is 22.7 Å². The van der Waals surface area contributed by atoms with E-state index in [-0.39, 0.29) is 11.3 Å². The highest BCUT2D eigenvalue weighted by atomic mass is 32.1. The quantitative estimate of drug-likeness (QED) is 0.451. The fraction of sp³-hybridized carbons (Fsp3) is 0.174. The van der Waals surface area contributed by atoms with Crippen molar-refractivity contribution in [3.05, 3.63) is 81.8 Å². The third kappa shape index (κ3) is 8.08. The summed E-state index contributed by atoms with van der Waals surface area (Å²) in [5, 5.41) is 7.27. The molecule has 3 aromatic rings. The number of thiazole rings is 1. The maximum absolute atomic E-state index is 12.3. The Hall–Kier alpha value is -3.66. The predicted molar refractivity (Wildman–Crippen MR) is 120 cm³/mol. The third-order valence-corrected chi connectivity index (χ3v) is 5.02. The molecule has 0 radical (unpaired) electrons. The number of nitrogens with one attached hydrogen (secondary N) is 2. The van der Waals surface area contributed by atoms with Crippen molar-refractivity contribution in [1.82, 2.24) is 10.3 Å². The van der Waals surface area contributed by atoms with Gasteiger partial charge in [-0.1, -0.05) is 18.2 Å². The molecule has 2 N–H and O–H groups in total. The van der Waals surface area contributed by atoms with Crippen LogP contribution in [0, 0.1) is 6.92 Å². The Labute approximate surface area is 192 Å². The number of aryl methyl sites for hydroxylation is 1. The van der Waals surface area contributed by atoms with Crippen LogP contribution in [0.3, 0.4) is 0 Å². The summed E-state index contributed by atoms with van der Waals surface area (Å²) in [5.74, 6) is -0.670. The Bertz CT molecular complexity index is 1140. The molecule has 1 aromatic heterocycles. The van der Waals surface area contributed by atoms with E-state index in [9.17, 15) is 22.8 Å². The van der Waals surface area contributed by atoms with Crippen LogP contribution in [0.5, 0.6) is 5.75 Å². The van der Waals surface area contributed by atoms with Gasteiger partial charge in [0.2, 0.25) is 5.91 Å². The molecule has 3 rings (SSSR count). The largest absolute Gasteiger partial charge is 0.487 e. The maximum Gasteiger partial charge on any atom is 0.405 e. The summed E-state index contributed by atoms with van der Waals surface area (Å²) in [5.41, 5.74) is 1.91. The fourth-order valence-electron chi connectivity index (χ4n) is 2.68. The molecule has 0 aliphatic rings. The lowest BCUT2D eigenvalue weighted by Crippen LogP contribution is -2.33. The Kier molecular flexibility index (Phi) is 7.83. The Balaban J connectivity index is 1.51. The number of anilines is 1. The summed E-state index contributed by atoms with van der Waals surface area (Å²) in [6.45, 7) is 0.867. The van der Waals surface area contributed by atoms with Gasteiger partial charge < -0.3 is 15.4 Å². The minimum atomic E-state index is -4.50. The van der Waals surface area contributed by atoms with Crippen LogP contribution in [0.2, 0.25) is 0 Å². The van der Waals surface area contributed by atoms with E-state index in [0.29, 0.717) is 12.4 Å². The molecule has 0 fully saturated rings. The van der Waals surface area contributed by atoms with Crippen molar-refractivity contribution in [2.45, 2.75) is 19.7 Å². The number of carbonyl (C=O) groups is 2. The molecule has 0 saturated heterocycles. The Morgan fingerprint density at radius 3 is 2.58 bits per heavy atom. The SMILES string of the molecule is Cc1nc(COc2ccc(/C=C/C(=O)Nc3cccc(C(=O)NCC(F)(F)F)c3)cc2)cs1. The van der Waals surface area contributed by atoms with Gasteiger partial charge in [0.1, 0.15) is 18.9 Å². The number of nitrogens with zero attached hydrogens (tertiary/aromatic N) is 1. The average molecular weight is 475 g/mol. The molecule has 10 heteroatoms. The zero-order chi connectivity index (χ0) is 23.8. The lowest BCUT2D eigenvalue weighted by molar-refractivity contribution is -0.123. The van der Waals surface area contributed by atoms with Crippen molar-refractivity contribution < 1.29 is 27.5 Å². The number of carbonyl (C=O) groups excluding carboxylic acids is 2. The van der Waals surface area contributed by atoms with Gasteiger partial charge in [-0.15, -0.1) is 11.3 Å². The number of benzene rings is 2. The van der Waals surface area contributed by atoms with E-state index in [1.54, 1.807) is 47.0 Å². The van der Waals surface area contributed by atoms with Gasteiger partial charge in [0.05, 0.1) is 10.7 Å². The maximum atomic E-state index is 12.3.